The number of carbonyl (C=O) groups is 4. The minimum atomic E-state index is -1.00. The molecular weight excluding hydrogens is 1260 g/mol. The van der Waals surface area contributed by atoms with Gasteiger partial charge < -0.3 is 46.4 Å². The molecule has 0 spiro atoms. The van der Waals surface area contributed by atoms with Crippen molar-refractivity contribution in [1.29, 1.82) is 0 Å². The third kappa shape index (κ3) is 21.5. The van der Waals surface area contributed by atoms with E-state index in [0.29, 0.717) is 49.9 Å². The van der Waals surface area contributed by atoms with Crippen molar-refractivity contribution in [3.05, 3.63) is 167 Å². The average molecular weight is 1330 g/mol. The first-order chi connectivity index (χ1) is 42.2. The molecule has 19 nitrogen and oxygen atoms in total. The van der Waals surface area contributed by atoms with E-state index in [-0.39, 0.29) is 136 Å². The van der Waals surface area contributed by atoms with Gasteiger partial charge in [0.1, 0.15) is 21.7 Å². The molecule has 3 unspecified atom stereocenters. The van der Waals surface area contributed by atoms with Crippen LogP contribution in [-0.4, -0.2) is 131 Å². The number of fused-ring (bicyclic) bond motifs is 3. The van der Waals surface area contributed by atoms with E-state index in [4.69, 9.17) is 45.9 Å². The number of carboxylic acids is 1. The Morgan fingerprint density at radius 2 is 0.966 bits per heavy atom. The van der Waals surface area contributed by atoms with Crippen molar-refractivity contribution in [2.24, 2.45) is 0 Å². The number of ether oxygens (including phenoxy) is 2. The Kier molecular flexibility index (Phi) is 34.3. The summed E-state index contributed by atoms with van der Waals surface area (Å²) in [6.45, 7) is 9.62. The summed E-state index contributed by atoms with van der Waals surface area (Å²) in [7, 11) is 2.74. The second kappa shape index (κ2) is 40.3. The number of alkyl halides is 1. The molecule has 3 saturated heterocycles. The van der Waals surface area contributed by atoms with E-state index < -0.39 is 13.1 Å². The van der Waals surface area contributed by atoms with Crippen LogP contribution in [-0.2, 0) is 19.2 Å². The van der Waals surface area contributed by atoms with E-state index in [0.717, 1.165) is 108 Å². The fourth-order valence-corrected chi connectivity index (χ4v) is 10.4. The summed E-state index contributed by atoms with van der Waals surface area (Å²) in [6, 6.07) is 47.0. The van der Waals surface area contributed by atoms with E-state index >= 15 is 0 Å². The van der Waals surface area contributed by atoms with Crippen molar-refractivity contribution in [3.8, 4) is 33.8 Å². The zero-order valence-corrected chi connectivity index (χ0v) is 58.6. The van der Waals surface area contributed by atoms with E-state index in [1.165, 1.54) is 33.6 Å². The van der Waals surface area contributed by atoms with Gasteiger partial charge in [-0.05, 0) is 136 Å². The SMILES string of the molecule is C.CC1CCCN1.CC1CCCN1c1nc2cc(C(=O)O)ccc2nc1-c1ccccc1.CO.COC(=O)c1ccc2nc(-c3ccccc3)c(Br)nc2c1.COC(=O)c1ccc2nc(-c3ccccc3)c(N3CCCC3C)nc2c1.O=CO[O-].[2H]CF.[H-].[K+].[K+]. The third-order valence-corrected chi connectivity index (χ3v) is 14.7. The topological polar surface area (TPSA) is 255 Å². The summed E-state index contributed by atoms with van der Waals surface area (Å²) in [5, 5.41) is 28.0. The molecule has 89 heavy (non-hydrogen) atoms. The zero-order valence-electron chi connectivity index (χ0n) is 52.7. The maximum atomic E-state index is 11.9. The Balaban J connectivity index is 0.000000410. The molecule has 6 heterocycles. The molecule has 3 aliphatic heterocycles. The smallest absolute Gasteiger partial charge is 1.00 e. The first-order valence-electron chi connectivity index (χ1n) is 28.4. The van der Waals surface area contributed by atoms with Gasteiger partial charge in [0.25, 0.3) is 6.47 Å². The second-order valence-corrected chi connectivity index (χ2v) is 20.5. The van der Waals surface area contributed by atoms with Crippen LogP contribution in [0.2, 0.25) is 0 Å². The van der Waals surface area contributed by atoms with Crippen LogP contribution in [0.5, 0.6) is 0 Å². The number of aliphatic hydroxyl groups excluding tert-OH is 1. The minimum absolute atomic E-state index is 0. The molecule has 6 aromatic carbocycles. The van der Waals surface area contributed by atoms with E-state index in [2.05, 4.69) is 78.8 Å². The van der Waals surface area contributed by atoms with Crippen molar-refractivity contribution in [2.45, 2.75) is 84.8 Å². The number of aliphatic hydroxyl groups is 1. The van der Waals surface area contributed by atoms with Crippen LogP contribution in [0.4, 0.5) is 16.0 Å². The molecular formula is C66H75BrFK2N9O10. The molecule has 3 fully saturated rings. The van der Waals surface area contributed by atoms with Crippen molar-refractivity contribution in [2.75, 3.05) is 57.9 Å². The van der Waals surface area contributed by atoms with Crippen LogP contribution >= 0.6 is 15.9 Å². The van der Waals surface area contributed by atoms with Crippen LogP contribution in [0.1, 0.15) is 101 Å². The van der Waals surface area contributed by atoms with Gasteiger partial charge in [0.2, 0.25) is 0 Å². The predicted molar refractivity (Wildman–Crippen MR) is 341 cm³/mol. The van der Waals surface area contributed by atoms with Crippen LogP contribution in [0.15, 0.2) is 150 Å². The van der Waals surface area contributed by atoms with Gasteiger partial charge in [-0.3, -0.25) is 9.18 Å². The minimum Gasteiger partial charge on any atom is -1.00 e. The first-order valence-corrected chi connectivity index (χ1v) is 28.5. The quantitative estimate of drug-likeness (QED) is 0.0489. The summed E-state index contributed by atoms with van der Waals surface area (Å²) in [5.41, 5.74) is 10.9. The van der Waals surface area contributed by atoms with Gasteiger partial charge >= 0.3 is 121 Å². The number of rotatable bonds is 9. The Bertz CT molecular complexity index is 3710. The van der Waals surface area contributed by atoms with Crippen LogP contribution in [0.25, 0.3) is 66.9 Å². The van der Waals surface area contributed by atoms with Crippen LogP contribution in [0, 0.1) is 0 Å². The Morgan fingerprint density at radius 3 is 1.28 bits per heavy atom. The van der Waals surface area contributed by atoms with E-state index in [1.807, 2.05) is 84.9 Å². The number of hydrogen-bond acceptors (Lipinski definition) is 18. The standard InChI is InChI=1S/C21H21N3O2.C20H19N3O2.C16H11BrN2O2.C5H11N.CH3F.CH2O3.CH4O.CH4.2K.H/c1-14-7-6-12-24(14)20-19(15-8-4-3-5-9-15)22-17-11-10-16(21(25)26-2)13-18(17)23-20;1-13-6-5-11-23(13)19-18(14-7-3-2-4-8-14)21-16-10-9-15(20(24)25)12-17(16)22-19;1-21-16(20)11-7-8-12-13(9-11)19-15(17)14(18-12)10-5-3-2-4-6-10;1-5-3-2-4-6-5;1-2;2-1-4-3;1-2;;;;/h3-5,8-11,13-14H,6-7,12H2,1-2H3;2-4,7-10,12-13H,5-6,11H2,1H3,(H,24,25);2-9H,1H3;5-6H,2-4H2,1H3;1H3;1,3H;2H,1H3;1H4;;;/q;;;;;;;;2*+1;-1/p-1/i;;;;1D;;;;;;. The molecule has 23 heteroatoms. The maximum Gasteiger partial charge on any atom is 1.00 e. The number of anilines is 2. The fraction of sp³-hybridized carbons (Fsp3) is 0.303. The van der Waals surface area contributed by atoms with Crippen molar-refractivity contribution >= 4 is 85.0 Å². The summed E-state index contributed by atoms with van der Waals surface area (Å²) < 4.78 is 25.7. The average Bonchev–Trinajstić information content (AvgIpc) is 2.71. The molecule has 460 valence electrons. The van der Waals surface area contributed by atoms with Crippen molar-refractivity contribution in [3.63, 3.8) is 0 Å². The molecule has 3 atom stereocenters. The molecule has 0 bridgehead atoms. The fourth-order valence-electron chi connectivity index (χ4n) is 9.86. The molecule has 12 rings (SSSR count). The Hall–Kier alpha value is -5.62. The van der Waals surface area contributed by atoms with Gasteiger partial charge in [0.15, 0.2) is 11.6 Å². The summed E-state index contributed by atoms with van der Waals surface area (Å²) in [4.78, 5) is 79.1. The molecule has 3 aromatic heterocycles. The number of aromatic nitrogens is 6. The van der Waals surface area contributed by atoms with Crippen molar-refractivity contribution < 1.29 is 159 Å². The normalized spacial score (nSPS) is 15.1. The first kappa shape index (κ1) is 75.8. The molecule has 0 amide bonds. The largest absolute Gasteiger partial charge is 1.00 e. The summed E-state index contributed by atoms with van der Waals surface area (Å²) in [6.07, 6.45) is 7.31. The maximum absolute atomic E-state index is 11.9. The number of methoxy groups -OCH3 is 2. The van der Waals surface area contributed by atoms with Crippen LogP contribution < -0.4 is 123 Å². The van der Waals surface area contributed by atoms with E-state index in [1.54, 1.807) is 48.5 Å². The third-order valence-electron chi connectivity index (χ3n) is 14.1. The van der Waals surface area contributed by atoms with Gasteiger partial charge in [0, 0.05) is 55.0 Å². The number of carbonyl (C=O) groups excluding carboxylic acids is 3. The van der Waals surface area contributed by atoms with Gasteiger partial charge in [-0.25, -0.2) is 44.3 Å². The van der Waals surface area contributed by atoms with Crippen LogP contribution in [0.3, 0.4) is 0 Å². The Morgan fingerprint density at radius 1 is 0.607 bits per heavy atom. The Labute approximate surface area is 615 Å². The predicted octanol–water partition coefficient (Wildman–Crippen LogP) is 6.05. The molecule has 0 saturated carbocycles. The number of halogens is 2. The molecule has 3 N–H and O–H groups in total. The molecule has 9 aromatic rings. The van der Waals surface area contributed by atoms with Gasteiger partial charge in [-0.15, -0.1) is 0 Å². The monoisotopic (exact) mass is 1330 g/mol. The zero-order chi connectivity index (χ0) is 62.8. The number of aromatic carboxylic acids is 1. The van der Waals surface area contributed by atoms with E-state index in [9.17, 15) is 23.9 Å². The molecule has 0 aliphatic carbocycles. The van der Waals surface area contributed by atoms with Gasteiger partial charge in [-0.1, -0.05) is 98.4 Å². The number of esters is 2. The number of nitrogens with zero attached hydrogens (tertiary/aromatic N) is 8. The number of benzene rings is 6. The molecule has 0 radical (unpaired) electrons. The number of carboxylic acid groups (broad SMARTS) is 1. The van der Waals surface area contributed by atoms with Gasteiger partial charge in [-0.2, -0.15) is 0 Å². The summed E-state index contributed by atoms with van der Waals surface area (Å²) >= 11 is 3.44. The second-order valence-electron chi connectivity index (χ2n) is 19.7. The summed E-state index contributed by atoms with van der Waals surface area (Å²) in [5.74, 6) is 0.0211. The van der Waals surface area contributed by atoms with Gasteiger partial charge in [0.05, 0.1) is 72.5 Å². The number of nitrogens with one attached hydrogen (secondary N) is 1. The molecule has 3 aliphatic rings. The van der Waals surface area contributed by atoms with Crippen molar-refractivity contribution in [1.82, 2.24) is 35.2 Å². The number of hydrogen-bond donors (Lipinski definition) is 3.